The minimum atomic E-state index is 0.00483. The van der Waals surface area contributed by atoms with Crippen molar-refractivity contribution in [2.45, 2.75) is 31.7 Å². The van der Waals surface area contributed by atoms with Gasteiger partial charge in [0.15, 0.2) is 11.5 Å². The van der Waals surface area contributed by atoms with E-state index in [1.165, 1.54) is 19.3 Å². The summed E-state index contributed by atoms with van der Waals surface area (Å²) in [5.41, 5.74) is 0.947. The van der Waals surface area contributed by atoms with Gasteiger partial charge in [0.2, 0.25) is 12.7 Å². The molecule has 3 atom stereocenters. The minimum Gasteiger partial charge on any atom is -0.454 e. The fraction of sp³-hybridized carbons (Fsp3) is 0.471. The standard InChI is InChI=1S/C17H19NO3/c19-17(18-14-8-12-1-4-13(14)7-12)6-3-11-2-5-15-16(9-11)21-10-20-15/h2-3,5-6,9,12-14H,1,4,7-8,10H2,(H,18,19). The molecule has 0 spiro atoms. The van der Waals surface area contributed by atoms with Crippen LogP contribution in [-0.2, 0) is 4.79 Å². The molecule has 2 saturated carbocycles. The Bertz CT molecular complexity index is 596. The summed E-state index contributed by atoms with van der Waals surface area (Å²) in [6.07, 6.45) is 8.53. The first-order chi connectivity index (χ1) is 10.3. The molecule has 0 radical (unpaired) electrons. The molecule has 2 bridgehead atoms. The smallest absolute Gasteiger partial charge is 0.244 e. The number of hydrogen-bond acceptors (Lipinski definition) is 3. The molecule has 2 aliphatic carbocycles. The summed E-state index contributed by atoms with van der Waals surface area (Å²) in [6.45, 7) is 0.271. The van der Waals surface area contributed by atoms with E-state index in [9.17, 15) is 4.79 Å². The molecule has 0 saturated heterocycles. The van der Waals surface area contributed by atoms with Gasteiger partial charge in [-0.15, -0.1) is 0 Å². The Morgan fingerprint density at radius 3 is 2.90 bits per heavy atom. The minimum absolute atomic E-state index is 0.00483. The topological polar surface area (TPSA) is 47.6 Å². The Labute approximate surface area is 124 Å². The first-order valence-corrected chi connectivity index (χ1v) is 7.66. The Morgan fingerprint density at radius 1 is 1.19 bits per heavy atom. The highest BCUT2D eigenvalue weighted by atomic mass is 16.7. The number of amides is 1. The molecule has 110 valence electrons. The van der Waals surface area contributed by atoms with Gasteiger partial charge in [-0.25, -0.2) is 0 Å². The van der Waals surface area contributed by atoms with Gasteiger partial charge in [-0.1, -0.05) is 12.5 Å². The third-order valence-corrected chi connectivity index (χ3v) is 4.89. The average Bonchev–Trinajstić information content (AvgIpc) is 3.20. The quantitative estimate of drug-likeness (QED) is 0.869. The van der Waals surface area contributed by atoms with Gasteiger partial charge >= 0.3 is 0 Å². The Hall–Kier alpha value is -1.97. The van der Waals surface area contributed by atoms with Crippen LogP contribution in [0.25, 0.3) is 6.08 Å². The summed E-state index contributed by atoms with van der Waals surface area (Å²) in [6, 6.07) is 6.08. The first-order valence-electron chi connectivity index (χ1n) is 7.66. The van der Waals surface area contributed by atoms with E-state index in [1.807, 2.05) is 24.3 Å². The maximum atomic E-state index is 12.0. The second kappa shape index (κ2) is 5.10. The molecule has 3 unspecified atom stereocenters. The number of nitrogens with one attached hydrogen (secondary N) is 1. The molecule has 4 nitrogen and oxygen atoms in total. The predicted octanol–water partition coefficient (Wildman–Crippen LogP) is 2.73. The van der Waals surface area contributed by atoms with Gasteiger partial charge in [0.25, 0.3) is 0 Å². The molecule has 1 aromatic rings. The lowest BCUT2D eigenvalue weighted by Crippen LogP contribution is -2.37. The summed E-state index contributed by atoms with van der Waals surface area (Å²) < 4.78 is 10.6. The van der Waals surface area contributed by atoms with E-state index in [0.717, 1.165) is 29.4 Å². The highest BCUT2D eigenvalue weighted by Gasteiger charge is 2.39. The summed E-state index contributed by atoms with van der Waals surface area (Å²) in [5, 5.41) is 3.15. The number of carbonyl (C=O) groups is 1. The SMILES string of the molecule is O=C(C=Cc1ccc2c(c1)OCO2)NC1CC2CCC1C2. The predicted molar refractivity (Wildman–Crippen MR) is 79.0 cm³/mol. The summed E-state index contributed by atoms with van der Waals surface area (Å²) in [4.78, 5) is 12.0. The van der Waals surface area contributed by atoms with Crippen LogP contribution in [0.1, 0.15) is 31.2 Å². The average molecular weight is 285 g/mol. The van der Waals surface area contributed by atoms with E-state index < -0.39 is 0 Å². The molecule has 0 aromatic heterocycles. The second-order valence-corrected chi connectivity index (χ2v) is 6.24. The molecule has 1 amide bonds. The van der Waals surface area contributed by atoms with Crippen molar-refractivity contribution in [2.24, 2.45) is 11.8 Å². The largest absolute Gasteiger partial charge is 0.454 e. The molecule has 2 fully saturated rings. The third-order valence-electron chi connectivity index (χ3n) is 4.89. The fourth-order valence-electron chi connectivity index (χ4n) is 3.84. The van der Waals surface area contributed by atoms with Gasteiger partial charge in [0.05, 0.1) is 0 Å². The molecular weight excluding hydrogens is 266 g/mol. The van der Waals surface area contributed by atoms with Crippen LogP contribution in [0.3, 0.4) is 0 Å². The zero-order chi connectivity index (χ0) is 14.2. The molecular formula is C17H19NO3. The van der Waals surface area contributed by atoms with Crippen LogP contribution in [0, 0.1) is 11.8 Å². The van der Waals surface area contributed by atoms with Crippen LogP contribution in [0.4, 0.5) is 0 Å². The monoisotopic (exact) mass is 285 g/mol. The van der Waals surface area contributed by atoms with Crippen LogP contribution < -0.4 is 14.8 Å². The zero-order valence-corrected chi connectivity index (χ0v) is 11.9. The van der Waals surface area contributed by atoms with Gasteiger partial charge in [-0.05, 0) is 54.9 Å². The number of benzene rings is 1. The van der Waals surface area contributed by atoms with E-state index in [1.54, 1.807) is 6.08 Å². The van der Waals surface area contributed by atoms with Gasteiger partial charge in [0, 0.05) is 12.1 Å². The van der Waals surface area contributed by atoms with Gasteiger partial charge < -0.3 is 14.8 Å². The lowest BCUT2D eigenvalue weighted by atomic mass is 9.95. The molecule has 4 heteroatoms. The highest BCUT2D eigenvalue weighted by Crippen LogP contribution is 2.44. The van der Waals surface area contributed by atoms with Crippen LogP contribution in [0.15, 0.2) is 24.3 Å². The Balaban J connectivity index is 1.37. The van der Waals surface area contributed by atoms with Crippen LogP contribution >= 0.6 is 0 Å². The van der Waals surface area contributed by atoms with Crippen molar-refractivity contribution in [1.29, 1.82) is 0 Å². The second-order valence-electron chi connectivity index (χ2n) is 6.24. The van der Waals surface area contributed by atoms with Crippen molar-refractivity contribution in [2.75, 3.05) is 6.79 Å². The lowest BCUT2D eigenvalue weighted by molar-refractivity contribution is -0.117. The normalized spacial score (nSPS) is 29.2. The van der Waals surface area contributed by atoms with E-state index in [0.29, 0.717) is 12.0 Å². The molecule has 1 aliphatic heterocycles. The van der Waals surface area contributed by atoms with Gasteiger partial charge in [-0.2, -0.15) is 0 Å². The maximum absolute atomic E-state index is 12.0. The van der Waals surface area contributed by atoms with Crippen LogP contribution in [-0.4, -0.2) is 18.7 Å². The Morgan fingerprint density at radius 2 is 2.10 bits per heavy atom. The van der Waals surface area contributed by atoms with Crippen molar-refractivity contribution in [3.63, 3.8) is 0 Å². The van der Waals surface area contributed by atoms with E-state index in [2.05, 4.69) is 5.32 Å². The van der Waals surface area contributed by atoms with Crippen molar-refractivity contribution in [1.82, 2.24) is 5.32 Å². The number of carbonyl (C=O) groups excluding carboxylic acids is 1. The molecule has 21 heavy (non-hydrogen) atoms. The van der Waals surface area contributed by atoms with Crippen molar-refractivity contribution >= 4 is 12.0 Å². The van der Waals surface area contributed by atoms with Crippen molar-refractivity contribution < 1.29 is 14.3 Å². The van der Waals surface area contributed by atoms with Crippen LogP contribution in [0.2, 0.25) is 0 Å². The maximum Gasteiger partial charge on any atom is 0.244 e. The Kier molecular flexibility index (Phi) is 3.09. The molecule has 4 rings (SSSR count). The molecule has 1 heterocycles. The van der Waals surface area contributed by atoms with Crippen molar-refractivity contribution in [3.05, 3.63) is 29.8 Å². The molecule has 1 N–H and O–H groups in total. The number of ether oxygens (including phenoxy) is 2. The number of hydrogen-bond donors (Lipinski definition) is 1. The van der Waals surface area contributed by atoms with E-state index in [4.69, 9.17) is 9.47 Å². The van der Waals surface area contributed by atoms with Crippen molar-refractivity contribution in [3.8, 4) is 11.5 Å². The first kappa shape index (κ1) is 12.7. The highest BCUT2D eigenvalue weighted by molar-refractivity contribution is 5.92. The van der Waals surface area contributed by atoms with Gasteiger partial charge in [-0.3, -0.25) is 4.79 Å². The number of fused-ring (bicyclic) bond motifs is 3. The third kappa shape index (κ3) is 2.50. The van der Waals surface area contributed by atoms with Crippen LogP contribution in [0.5, 0.6) is 11.5 Å². The molecule has 3 aliphatic rings. The fourth-order valence-corrected chi connectivity index (χ4v) is 3.84. The lowest BCUT2D eigenvalue weighted by Gasteiger charge is -2.22. The number of rotatable bonds is 3. The summed E-state index contributed by atoms with van der Waals surface area (Å²) >= 11 is 0. The zero-order valence-electron chi connectivity index (χ0n) is 11.9. The molecule has 1 aromatic carbocycles. The summed E-state index contributed by atoms with van der Waals surface area (Å²) in [5.74, 6) is 3.06. The van der Waals surface area contributed by atoms with Gasteiger partial charge in [0.1, 0.15) is 0 Å². The van der Waals surface area contributed by atoms with E-state index in [-0.39, 0.29) is 12.7 Å². The summed E-state index contributed by atoms with van der Waals surface area (Å²) in [7, 11) is 0. The van der Waals surface area contributed by atoms with E-state index >= 15 is 0 Å².